The number of anilines is 1. The van der Waals surface area contributed by atoms with E-state index in [0.29, 0.717) is 31.5 Å². The molecule has 1 heterocycles. The Morgan fingerprint density at radius 3 is 2.65 bits per heavy atom. The van der Waals surface area contributed by atoms with E-state index in [-0.39, 0.29) is 0 Å². The molecule has 130 valence electrons. The molecule has 1 amide bonds. The van der Waals surface area contributed by atoms with Crippen molar-refractivity contribution in [2.45, 2.75) is 53.1 Å². The highest BCUT2D eigenvalue weighted by molar-refractivity contribution is 5.67. The van der Waals surface area contributed by atoms with Crippen molar-refractivity contribution in [2.24, 2.45) is 0 Å². The molecule has 0 radical (unpaired) electrons. The molecule has 7 nitrogen and oxygen atoms in total. The van der Waals surface area contributed by atoms with Crippen LogP contribution in [0.4, 0.5) is 10.7 Å². The van der Waals surface area contributed by atoms with Crippen LogP contribution in [0.5, 0.6) is 5.88 Å². The van der Waals surface area contributed by atoms with E-state index in [9.17, 15) is 4.79 Å². The molecule has 0 unspecified atom stereocenters. The van der Waals surface area contributed by atoms with E-state index in [1.54, 1.807) is 0 Å². The minimum Gasteiger partial charge on any atom is -0.478 e. The minimum atomic E-state index is -0.480. The molecule has 7 heteroatoms. The van der Waals surface area contributed by atoms with Crippen molar-refractivity contribution in [2.75, 3.05) is 25.0 Å². The highest BCUT2D eigenvalue weighted by atomic mass is 16.6. The van der Waals surface area contributed by atoms with Crippen LogP contribution in [0.15, 0.2) is 6.07 Å². The number of rotatable bonds is 8. The van der Waals surface area contributed by atoms with Crippen LogP contribution < -0.4 is 15.4 Å². The lowest BCUT2D eigenvalue weighted by Gasteiger charge is -2.19. The van der Waals surface area contributed by atoms with Gasteiger partial charge in [-0.1, -0.05) is 6.92 Å². The molecule has 0 bridgehead atoms. The summed E-state index contributed by atoms with van der Waals surface area (Å²) in [6, 6.07) is 1.81. The van der Waals surface area contributed by atoms with Gasteiger partial charge in [0.15, 0.2) is 0 Å². The summed E-state index contributed by atoms with van der Waals surface area (Å²) in [5.41, 5.74) is 0.368. The van der Waals surface area contributed by atoms with Gasteiger partial charge in [0.05, 0.1) is 6.61 Å². The topological polar surface area (TPSA) is 85.4 Å². The summed E-state index contributed by atoms with van der Waals surface area (Å²) in [6.45, 7) is 11.2. The Balaban J connectivity index is 2.30. The molecule has 2 N–H and O–H groups in total. The SMILES string of the molecule is CCCOc1cc(C)nc(NCCCNC(=O)OC(C)(C)C)n1. The summed E-state index contributed by atoms with van der Waals surface area (Å²) in [5, 5.41) is 5.84. The Morgan fingerprint density at radius 2 is 2.00 bits per heavy atom. The smallest absolute Gasteiger partial charge is 0.407 e. The Labute approximate surface area is 138 Å². The minimum absolute atomic E-state index is 0.403. The Hall–Kier alpha value is -2.05. The molecule has 0 aliphatic carbocycles. The molecule has 0 saturated carbocycles. The Bertz CT molecular complexity index is 501. The molecule has 1 aromatic rings. The molecule has 0 aromatic carbocycles. The van der Waals surface area contributed by atoms with E-state index in [4.69, 9.17) is 9.47 Å². The van der Waals surface area contributed by atoms with Gasteiger partial charge in [-0.05, 0) is 40.5 Å². The van der Waals surface area contributed by atoms with Crippen LogP contribution in [-0.4, -0.2) is 41.4 Å². The van der Waals surface area contributed by atoms with Crippen molar-refractivity contribution in [1.29, 1.82) is 0 Å². The van der Waals surface area contributed by atoms with Gasteiger partial charge in [0, 0.05) is 24.8 Å². The number of aromatic nitrogens is 2. The molecule has 0 fully saturated rings. The third-order valence-corrected chi connectivity index (χ3v) is 2.59. The van der Waals surface area contributed by atoms with Gasteiger partial charge in [0.1, 0.15) is 5.60 Å². The van der Waals surface area contributed by atoms with Gasteiger partial charge in [0.2, 0.25) is 11.8 Å². The van der Waals surface area contributed by atoms with Crippen molar-refractivity contribution >= 4 is 12.0 Å². The summed E-state index contributed by atoms with van der Waals surface area (Å²) in [5.74, 6) is 1.11. The standard InChI is InChI=1S/C16H28N4O3/c1-6-10-22-13-11-12(2)19-14(20-13)17-8-7-9-18-15(21)23-16(3,4)5/h11H,6-10H2,1-5H3,(H,18,21)(H,17,19,20). The number of hydrogen-bond donors (Lipinski definition) is 2. The van der Waals surface area contributed by atoms with Crippen LogP contribution in [0, 0.1) is 6.92 Å². The lowest BCUT2D eigenvalue weighted by atomic mass is 10.2. The fourth-order valence-corrected chi connectivity index (χ4v) is 1.69. The highest BCUT2D eigenvalue weighted by Gasteiger charge is 2.15. The number of hydrogen-bond acceptors (Lipinski definition) is 6. The monoisotopic (exact) mass is 324 g/mol. The van der Waals surface area contributed by atoms with E-state index >= 15 is 0 Å². The molecule has 1 aromatic heterocycles. The van der Waals surface area contributed by atoms with E-state index in [0.717, 1.165) is 18.5 Å². The number of ether oxygens (including phenoxy) is 2. The first-order valence-electron chi connectivity index (χ1n) is 7.99. The van der Waals surface area contributed by atoms with Crippen LogP contribution in [0.2, 0.25) is 0 Å². The normalized spacial score (nSPS) is 11.0. The van der Waals surface area contributed by atoms with E-state index in [1.165, 1.54) is 0 Å². The average Bonchev–Trinajstić information content (AvgIpc) is 2.42. The van der Waals surface area contributed by atoms with Gasteiger partial charge in [-0.15, -0.1) is 0 Å². The van der Waals surface area contributed by atoms with Crippen molar-refractivity contribution in [1.82, 2.24) is 15.3 Å². The third kappa shape index (κ3) is 8.85. The number of nitrogens with zero attached hydrogens (tertiary/aromatic N) is 2. The van der Waals surface area contributed by atoms with Crippen LogP contribution in [0.3, 0.4) is 0 Å². The second kappa shape index (κ2) is 9.17. The average molecular weight is 324 g/mol. The summed E-state index contributed by atoms with van der Waals surface area (Å²) < 4.78 is 10.7. The van der Waals surface area contributed by atoms with Gasteiger partial charge in [-0.2, -0.15) is 4.98 Å². The molecule has 23 heavy (non-hydrogen) atoms. The van der Waals surface area contributed by atoms with Crippen molar-refractivity contribution in [3.05, 3.63) is 11.8 Å². The summed E-state index contributed by atoms with van der Waals surface area (Å²) in [6.07, 6.45) is 1.27. The molecule has 0 saturated heterocycles. The number of amides is 1. The third-order valence-electron chi connectivity index (χ3n) is 2.59. The fourth-order valence-electron chi connectivity index (χ4n) is 1.69. The van der Waals surface area contributed by atoms with E-state index in [1.807, 2.05) is 40.7 Å². The van der Waals surface area contributed by atoms with Gasteiger partial charge in [-0.25, -0.2) is 9.78 Å². The predicted molar refractivity (Wildman–Crippen MR) is 89.9 cm³/mol. The van der Waals surface area contributed by atoms with E-state index < -0.39 is 11.7 Å². The van der Waals surface area contributed by atoms with Gasteiger partial charge in [-0.3, -0.25) is 0 Å². The van der Waals surface area contributed by atoms with E-state index in [2.05, 4.69) is 20.6 Å². The number of carbonyl (C=O) groups excluding carboxylic acids is 1. The fraction of sp³-hybridized carbons (Fsp3) is 0.688. The maximum atomic E-state index is 11.5. The summed E-state index contributed by atoms with van der Waals surface area (Å²) in [4.78, 5) is 20.1. The molecule has 0 atom stereocenters. The first-order valence-corrected chi connectivity index (χ1v) is 7.99. The number of aryl methyl sites for hydroxylation is 1. The zero-order chi connectivity index (χ0) is 17.3. The molecular formula is C16H28N4O3. The van der Waals surface area contributed by atoms with Crippen molar-refractivity contribution in [3.63, 3.8) is 0 Å². The van der Waals surface area contributed by atoms with Crippen LogP contribution >= 0.6 is 0 Å². The maximum Gasteiger partial charge on any atom is 0.407 e. The Kier molecular flexibility index (Phi) is 7.57. The van der Waals surface area contributed by atoms with Gasteiger partial charge < -0.3 is 20.1 Å². The van der Waals surface area contributed by atoms with Crippen LogP contribution in [0.25, 0.3) is 0 Å². The number of carbonyl (C=O) groups is 1. The second-order valence-electron chi connectivity index (χ2n) is 6.23. The predicted octanol–water partition coefficient (Wildman–Crippen LogP) is 2.90. The largest absolute Gasteiger partial charge is 0.478 e. The van der Waals surface area contributed by atoms with Crippen LogP contribution in [0.1, 0.15) is 46.2 Å². The van der Waals surface area contributed by atoms with Crippen molar-refractivity contribution < 1.29 is 14.3 Å². The zero-order valence-corrected chi connectivity index (χ0v) is 14.7. The molecule has 1 rings (SSSR count). The lowest BCUT2D eigenvalue weighted by molar-refractivity contribution is 0.0528. The highest BCUT2D eigenvalue weighted by Crippen LogP contribution is 2.12. The second-order valence-corrected chi connectivity index (χ2v) is 6.23. The summed E-state index contributed by atoms with van der Waals surface area (Å²) in [7, 11) is 0. The lowest BCUT2D eigenvalue weighted by Crippen LogP contribution is -2.33. The van der Waals surface area contributed by atoms with Gasteiger partial charge >= 0.3 is 6.09 Å². The maximum absolute atomic E-state index is 11.5. The number of alkyl carbamates (subject to hydrolysis) is 1. The molecule has 0 spiro atoms. The zero-order valence-electron chi connectivity index (χ0n) is 14.7. The molecule has 0 aliphatic heterocycles. The molecule has 0 aliphatic rings. The quantitative estimate of drug-likeness (QED) is 0.715. The van der Waals surface area contributed by atoms with Gasteiger partial charge in [0.25, 0.3) is 0 Å². The first kappa shape index (κ1) is 19.0. The first-order chi connectivity index (χ1) is 10.8. The van der Waals surface area contributed by atoms with Crippen molar-refractivity contribution in [3.8, 4) is 5.88 Å². The Morgan fingerprint density at radius 1 is 1.26 bits per heavy atom. The number of nitrogens with one attached hydrogen (secondary N) is 2. The van der Waals surface area contributed by atoms with Crippen LogP contribution in [-0.2, 0) is 4.74 Å². The molecular weight excluding hydrogens is 296 g/mol. The summed E-state index contributed by atoms with van der Waals surface area (Å²) >= 11 is 0.